The first-order valence-corrected chi connectivity index (χ1v) is 16.6. The number of nitrogens with zero attached hydrogens (tertiary/aromatic N) is 3. The minimum Gasteiger partial charge on any atom is -0.311 e. The predicted molar refractivity (Wildman–Crippen MR) is 219 cm³/mol. The lowest BCUT2D eigenvalue weighted by Gasteiger charge is -2.34. The number of hydrogen-bond acceptors (Lipinski definition) is 3. The van der Waals surface area contributed by atoms with Crippen LogP contribution in [0, 0.1) is 19.3 Å². The smallest absolute Gasteiger partial charge is 0.0877 e. The van der Waals surface area contributed by atoms with Crippen LogP contribution in [0.1, 0.15) is 18.1 Å². The van der Waals surface area contributed by atoms with Crippen molar-refractivity contribution in [3.05, 3.63) is 188 Å². The lowest BCUT2D eigenvalue weighted by atomic mass is 9.94. The largest absolute Gasteiger partial charge is 0.311 e. The Balaban J connectivity index is 1.76. The molecule has 242 valence electrons. The molecule has 0 amide bonds. The van der Waals surface area contributed by atoms with E-state index in [0.717, 1.165) is 66.9 Å². The third-order valence-corrected chi connectivity index (χ3v) is 8.67. The van der Waals surface area contributed by atoms with Crippen LogP contribution in [0.5, 0.6) is 0 Å². The molecule has 0 spiro atoms. The maximum atomic E-state index is 5.63. The number of anilines is 5. The van der Waals surface area contributed by atoms with E-state index in [1.807, 2.05) is 42.5 Å². The predicted octanol–water partition coefficient (Wildman–Crippen LogP) is 13.1. The average molecular weight is 646 g/mol. The van der Waals surface area contributed by atoms with Crippen molar-refractivity contribution in [1.82, 2.24) is 0 Å². The molecule has 0 aromatic heterocycles. The summed E-state index contributed by atoms with van der Waals surface area (Å²) in [6.07, 6.45) is 20.9. The van der Waals surface area contributed by atoms with Crippen molar-refractivity contribution >= 4 is 68.0 Å². The van der Waals surface area contributed by atoms with Gasteiger partial charge in [0, 0.05) is 38.6 Å². The highest BCUT2D eigenvalue weighted by Gasteiger charge is 2.26. The van der Waals surface area contributed by atoms with Gasteiger partial charge >= 0.3 is 0 Å². The molecule has 0 saturated heterocycles. The number of aliphatic imine (C=N–C) groups is 1. The molecular weight excluding hydrogens is 607 g/mol. The molecule has 3 heteroatoms. The summed E-state index contributed by atoms with van der Waals surface area (Å²) in [5, 5.41) is 4.42. The summed E-state index contributed by atoms with van der Waals surface area (Å²) in [5.74, 6) is 2.56. The van der Waals surface area contributed by atoms with Crippen molar-refractivity contribution in [2.24, 2.45) is 4.99 Å². The second-order valence-corrected chi connectivity index (χ2v) is 11.7. The number of fused-ring (bicyclic) bond motifs is 2. The molecule has 50 heavy (non-hydrogen) atoms. The summed E-state index contributed by atoms with van der Waals surface area (Å²) in [4.78, 5) is 9.39. The van der Waals surface area contributed by atoms with E-state index in [1.165, 1.54) is 11.8 Å². The van der Waals surface area contributed by atoms with Crippen LogP contribution < -0.4 is 9.80 Å². The van der Waals surface area contributed by atoms with Gasteiger partial charge in [0.2, 0.25) is 0 Å². The molecule has 0 saturated carbocycles. The van der Waals surface area contributed by atoms with Crippen molar-refractivity contribution in [3.63, 3.8) is 0 Å². The van der Waals surface area contributed by atoms with Gasteiger partial charge in [0.05, 0.1) is 29.0 Å². The quantitative estimate of drug-likeness (QED) is 0.0459. The van der Waals surface area contributed by atoms with Crippen LogP contribution in [0.2, 0.25) is 0 Å². The fourth-order valence-corrected chi connectivity index (χ4v) is 6.47. The summed E-state index contributed by atoms with van der Waals surface area (Å²) in [6.45, 7) is 12.1. The number of para-hydroxylation sites is 3. The Labute approximate surface area is 295 Å². The van der Waals surface area contributed by atoms with Gasteiger partial charge in [0.25, 0.3) is 0 Å². The Morgan fingerprint density at radius 2 is 1.24 bits per heavy atom. The zero-order valence-electron chi connectivity index (χ0n) is 28.5. The molecule has 0 bridgehead atoms. The average Bonchev–Trinajstić information content (AvgIpc) is 3.16. The first-order chi connectivity index (χ1) is 24.6. The molecule has 3 nitrogen and oxygen atoms in total. The van der Waals surface area contributed by atoms with E-state index in [1.54, 1.807) is 6.08 Å². The van der Waals surface area contributed by atoms with Gasteiger partial charge in [-0.3, -0.25) is 0 Å². The van der Waals surface area contributed by atoms with Gasteiger partial charge in [0.1, 0.15) is 0 Å². The van der Waals surface area contributed by atoms with Crippen LogP contribution in [-0.4, -0.2) is 6.21 Å². The van der Waals surface area contributed by atoms with Gasteiger partial charge in [-0.05, 0) is 61.4 Å². The van der Waals surface area contributed by atoms with Gasteiger partial charge in [-0.15, -0.1) is 6.42 Å². The van der Waals surface area contributed by atoms with Crippen LogP contribution >= 0.6 is 0 Å². The molecule has 0 aliphatic rings. The van der Waals surface area contributed by atoms with Gasteiger partial charge in [-0.2, -0.15) is 0 Å². The first-order valence-electron chi connectivity index (χ1n) is 16.6. The first kappa shape index (κ1) is 33.3. The topological polar surface area (TPSA) is 18.8 Å². The van der Waals surface area contributed by atoms with E-state index in [2.05, 4.69) is 158 Å². The summed E-state index contributed by atoms with van der Waals surface area (Å²) in [7, 11) is 0. The minimum atomic E-state index is 0.772. The highest BCUT2D eigenvalue weighted by Crippen LogP contribution is 2.51. The lowest BCUT2D eigenvalue weighted by Crippen LogP contribution is -2.17. The van der Waals surface area contributed by atoms with Crippen LogP contribution in [-0.2, 0) is 0 Å². The van der Waals surface area contributed by atoms with Crippen molar-refractivity contribution in [3.8, 4) is 12.3 Å². The van der Waals surface area contributed by atoms with Gasteiger partial charge in [-0.1, -0.05) is 147 Å². The Morgan fingerprint density at radius 1 is 0.660 bits per heavy atom. The van der Waals surface area contributed by atoms with E-state index in [0.29, 0.717) is 0 Å². The van der Waals surface area contributed by atoms with Crippen LogP contribution in [0.4, 0.5) is 34.1 Å². The Morgan fingerprint density at radius 3 is 1.88 bits per heavy atom. The molecule has 6 aromatic carbocycles. The molecule has 0 aliphatic carbocycles. The van der Waals surface area contributed by atoms with E-state index < -0.39 is 0 Å². The normalized spacial score (nSPS) is 11.8. The number of rotatable bonds is 11. The van der Waals surface area contributed by atoms with Crippen molar-refractivity contribution in [2.75, 3.05) is 9.80 Å². The fraction of sp³-hybridized carbons (Fsp3) is 0.0426. The van der Waals surface area contributed by atoms with E-state index in [4.69, 9.17) is 11.4 Å². The molecule has 0 unspecified atom stereocenters. The zero-order chi connectivity index (χ0) is 34.9. The summed E-state index contributed by atoms with van der Waals surface area (Å²) in [5.41, 5.74) is 9.32. The van der Waals surface area contributed by atoms with Crippen LogP contribution in [0.25, 0.3) is 27.6 Å². The SMILES string of the molecule is C#CC=Nc1ccccc1N(/C(C)=C/C=C\C=C)c1c2ccccc2c(N(c2ccccc2)c2cccc(/C=C\C=C)c2C)c2ccccc12. The highest BCUT2D eigenvalue weighted by atomic mass is 15.2. The third-order valence-electron chi connectivity index (χ3n) is 8.67. The Kier molecular flexibility index (Phi) is 10.3. The summed E-state index contributed by atoms with van der Waals surface area (Å²) < 4.78 is 0. The third kappa shape index (κ3) is 6.56. The van der Waals surface area contributed by atoms with Crippen molar-refractivity contribution < 1.29 is 0 Å². The molecular formula is C47H39N3. The summed E-state index contributed by atoms with van der Waals surface area (Å²) in [6, 6.07) is 42.5. The minimum absolute atomic E-state index is 0.772. The number of allylic oxidation sites excluding steroid dienone is 7. The lowest BCUT2D eigenvalue weighted by molar-refractivity contribution is 1.17. The molecule has 0 atom stereocenters. The van der Waals surface area contributed by atoms with Gasteiger partial charge in [0.15, 0.2) is 0 Å². The molecule has 6 rings (SSSR count). The van der Waals surface area contributed by atoms with Crippen LogP contribution in [0.3, 0.4) is 0 Å². The molecule has 0 fully saturated rings. The molecule has 0 heterocycles. The van der Waals surface area contributed by atoms with Gasteiger partial charge < -0.3 is 9.80 Å². The highest BCUT2D eigenvalue weighted by molar-refractivity contribution is 6.23. The standard InChI is InChI=1S/C47H39N3/c1-6-9-12-22-35(4)49(45-32-20-19-31-43(45)48-34-8-3)46-39-27-15-17-29-41(39)47(42-30-18-16-28-40(42)46)50(38-25-13-11-14-26-38)44-33-21-24-37(36(44)5)23-10-7-2/h3,6-7,9-34H,1-2H2,4-5H3/b12-9-,23-10-,35-22+,48-34?. The second kappa shape index (κ2) is 15.5. The Hall–Kier alpha value is -6.63. The second-order valence-electron chi connectivity index (χ2n) is 11.7. The maximum absolute atomic E-state index is 5.63. The molecule has 0 radical (unpaired) electrons. The molecule has 0 N–H and O–H groups in total. The Bertz CT molecular complexity index is 2290. The van der Waals surface area contributed by atoms with E-state index in [-0.39, 0.29) is 0 Å². The van der Waals surface area contributed by atoms with E-state index in [9.17, 15) is 0 Å². The number of benzene rings is 6. The maximum Gasteiger partial charge on any atom is 0.0877 e. The van der Waals surface area contributed by atoms with E-state index >= 15 is 0 Å². The number of terminal acetylenes is 1. The fourth-order valence-electron chi connectivity index (χ4n) is 6.47. The molecule has 0 aliphatic heterocycles. The van der Waals surface area contributed by atoms with Crippen LogP contribution in [0.15, 0.2) is 182 Å². The molecule has 6 aromatic rings. The zero-order valence-corrected chi connectivity index (χ0v) is 28.5. The monoisotopic (exact) mass is 645 g/mol. The van der Waals surface area contributed by atoms with Crippen molar-refractivity contribution in [2.45, 2.75) is 13.8 Å². The number of hydrogen-bond donors (Lipinski definition) is 0. The van der Waals surface area contributed by atoms with Gasteiger partial charge in [-0.25, -0.2) is 4.99 Å². The summed E-state index contributed by atoms with van der Waals surface area (Å²) >= 11 is 0. The van der Waals surface area contributed by atoms with Crippen molar-refractivity contribution in [1.29, 1.82) is 0 Å².